The SMILES string of the molecule is C=CCn1c(COc2ccc(CC)cc2)nnc1SCc1csc(-c2ccc3c(c2)OCO3)n1. The van der Waals surface area contributed by atoms with Crippen molar-refractivity contribution in [3.8, 4) is 27.8 Å². The number of aromatic nitrogens is 4. The van der Waals surface area contributed by atoms with Crippen LogP contribution in [0.25, 0.3) is 10.6 Å². The first kappa shape index (κ1) is 22.5. The number of hydrogen-bond acceptors (Lipinski definition) is 8. The van der Waals surface area contributed by atoms with E-state index in [1.807, 2.05) is 41.0 Å². The van der Waals surface area contributed by atoms with Gasteiger partial charge in [0.1, 0.15) is 17.4 Å². The Bertz CT molecular complexity index is 1280. The molecule has 174 valence electrons. The van der Waals surface area contributed by atoms with Gasteiger partial charge in [0.2, 0.25) is 6.79 Å². The molecule has 0 N–H and O–H groups in total. The van der Waals surface area contributed by atoms with Crippen LogP contribution >= 0.6 is 23.1 Å². The third-order valence-electron chi connectivity index (χ3n) is 5.33. The number of ether oxygens (including phenoxy) is 3. The van der Waals surface area contributed by atoms with Crippen LogP contribution in [-0.4, -0.2) is 26.5 Å². The lowest BCUT2D eigenvalue weighted by atomic mass is 10.2. The monoisotopic (exact) mass is 492 g/mol. The van der Waals surface area contributed by atoms with E-state index in [0.717, 1.165) is 50.9 Å². The molecule has 1 aliphatic rings. The smallest absolute Gasteiger partial charge is 0.231 e. The number of aryl methyl sites for hydroxylation is 1. The summed E-state index contributed by atoms with van der Waals surface area (Å²) in [6.45, 7) is 7.24. The van der Waals surface area contributed by atoms with Crippen molar-refractivity contribution in [2.24, 2.45) is 0 Å². The van der Waals surface area contributed by atoms with E-state index in [1.54, 1.807) is 23.1 Å². The third-order valence-corrected chi connectivity index (χ3v) is 7.27. The molecule has 9 heteroatoms. The molecule has 0 radical (unpaired) electrons. The lowest BCUT2D eigenvalue weighted by Crippen LogP contribution is -2.07. The first-order chi connectivity index (χ1) is 16.7. The molecule has 0 saturated heterocycles. The van der Waals surface area contributed by atoms with Gasteiger partial charge in [0.15, 0.2) is 22.5 Å². The van der Waals surface area contributed by atoms with Gasteiger partial charge in [0.25, 0.3) is 0 Å². The second-order valence-electron chi connectivity index (χ2n) is 7.58. The summed E-state index contributed by atoms with van der Waals surface area (Å²) in [7, 11) is 0. The van der Waals surface area contributed by atoms with Crippen molar-refractivity contribution < 1.29 is 14.2 Å². The van der Waals surface area contributed by atoms with Gasteiger partial charge in [-0.3, -0.25) is 4.57 Å². The molecule has 0 spiro atoms. The summed E-state index contributed by atoms with van der Waals surface area (Å²) in [6.07, 6.45) is 2.85. The molecule has 0 saturated carbocycles. The number of thioether (sulfide) groups is 1. The lowest BCUT2D eigenvalue weighted by molar-refractivity contribution is 0.174. The number of fused-ring (bicyclic) bond motifs is 1. The standard InChI is InChI=1S/C25H24N4O3S2/c1-3-11-29-23(13-30-20-8-5-17(4-2)6-9-20)27-28-25(29)34-15-19-14-33-24(26-19)18-7-10-21-22(12-18)32-16-31-21/h3,5-10,12,14H,1,4,11,13,15-16H2,2H3. The normalized spacial score (nSPS) is 12.1. The van der Waals surface area contributed by atoms with Gasteiger partial charge in [0.05, 0.1) is 5.69 Å². The molecular weight excluding hydrogens is 468 g/mol. The molecule has 0 amide bonds. The van der Waals surface area contributed by atoms with Gasteiger partial charge < -0.3 is 14.2 Å². The quantitative estimate of drug-likeness (QED) is 0.206. The highest BCUT2D eigenvalue weighted by Gasteiger charge is 2.16. The fourth-order valence-corrected chi connectivity index (χ4v) is 5.27. The van der Waals surface area contributed by atoms with Crippen LogP contribution in [0.4, 0.5) is 0 Å². The number of hydrogen-bond donors (Lipinski definition) is 0. The molecule has 0 fully saturated rings. The Morgan fingerprint density at radius 3 is 2.82 bits per heavy atom. The highest BCUT2D eigenvalue weighted by Crippen LogP contribution is 2.37. The number of nitrogens with zero attached hydrogens (tertiary/aromatic N) is 4. The minimum Gasteiger partial charge on any atom is -0.486 e. The fraction of sp³-hybridized carbons (Fsp3) is 0.240. The topological polar surface area (TPSA) is 71.3 Å². The number of allylic oxidation sites excluding steroid dienone is 1. The van der Waals surface area contributed by atoms with Crippen molar-refractivity contribution in [3.05, 3.63) is 77.6 Å². The maximum atomic E-state index is 5.94. The van der Waals surface area contributed by atoms with E-state index < -0.39 is 0 Å². The van der Waals surface area contributed by atoms with E-state index in [2.05, 4.69) is 41.2 Å². The van der Waals surface area contributed by atoms with E-state index in [9.17, 15) is 0 Å². The van der Waals surface area contributed by atoms with Crippen LogP contribution < -0.4 is 14.2 Å². The zero-order valence-electron chi connectivity index (χ0n) is 18.8. The zero-order chi connectivity index (χ0) is 23.3. The van der Waals surface area contributed by atoms with Gasteiger partial charge in [-0.15, -0.1) is 28.1 Å². The Labute approximate surface area is 206 Å². The van der Waals surface area contributed by atoms with Crippen LogP contribution in [0.5, 0.6) is 17.2 Å². The Morgan fingerprint density at radius 1 is 1.15 bits per heavy atom. The van der Waals surface area contributed by atoms with Crippen LogP contribution in [0.3, 0.4) is 0 Å². The van der Waals surface area contributed by atoms with Crippen molar-refractivity contribution >= 4 is 23.1 Å². The average Bonchev–Trinajstić information content (AvgIpc) is 3.62. The van der Waals surface area contributed by atoms with Gasteiger partial charge in [-0.05, 0) is 42.3 Å². The summed E-state index contributed by atoms with van der Waals surface area (Å²) in [6, 6.07) is 14.0. The molecular formula is C25H24N4O3S2. The zero-order valence-corrected chi connectivity index (χ0v) is 20.4. The van der Waals surface area contributed by atoms with Crippen LogP contribution in [-0.2, 0) is 25.3 Å². The lowest BCUT2D eigenvalue weighted by Gasteiger charge is -2.09. The molecule has 34 heavy (non-hydrogen) atoms. The summed E-state index contributed by atoms with van der Waals surface area (Å²) in [5, 5.41) is 12.6. The summed E-state index contributed by atoms with van der Waals surface area (Å²) >= 11 is 3.21. The van der Waals surface area contributed by atoms with Gasteiger partial charge in [-0.2, -0.15) is 0 Å². The molecule has 2 aromatic heterocycles. The number of benzene rings is 2. The molecule has 0 unspecified atom stereocenters. The largest absolute Gasteiger partial charge is 0.486 e. The van der Waals surface area contributed by atoms with Crippen LogP contribution in [0.15, 0.2) is 65.7 Å². The van der Waals surface area contributed by atoms with E-state index in [1.165, 1.54) is 5.56 Å². The summed E-state index contributed by atoms with van der Waals surface area (Å²) < 4.78 is 18.8. The van der Waals surface area contributed by atoms with E-state index in [4.69, 9.17) is 19.2 Å². The van der Waals surface area contributed by atoms with Gasteiger partial charge in [-0.1, -0.05) is 36.9 Å². The van der Waals surface area contributed by atoms with Gasteiger partial charge in [0, 0.05) is 23.2 Å². The predicted molar refractivity (Wildman–Crippen MR) is 134 cm³/mol. The van der Waals surface area contributed by atoms with Crippen molar-refractivity contribution in [1.29, 1.82) is 0 Å². The number of rotatable bonds is 10. The second kappa shape index (κ2) is 10.3. The van der Waals surface area contributed by atoms with Gasteiger partial charge >= 0.3 is 0 Å². The highest BCUT2D eigenvalue weighted by molar-refractivity contribution is 7.98. The van der Waals surface area contributed by atoms with E-state index in [-0.39, 0.29) is 6.79 Å². The van der Waals surface area contributed by atoms with Crippen molar-refractivity contribution in [2.75, 3.05) is 6.79 Å². The number of thiazole rings is 1. The van der Waals surface area contributed by atoms with Crippen molar-refractivity contribution in [3.63, 3.8) is 0 Å². The van der Waals surface area contributed by atoms with Crippen molar-refractivity contribution in [2.45, 2.75) is 37.4 Å². The van der Waals surface area contributed by atoms with Crippen LogP contribution in [0.1, 0.15) is 24.0 Å². The van der Waals surface area contributed by atoms with E-state index in [0.29, 0.717) is 18.9 Å². The molecule has 5 rings (SSSR count). The minimum absolute atomic E-state index is 0.266. The Kier molecular flexibility index (Phi) is 6.82. The first-order valence-electron chi connectivity index (χ1n) is 11.0. The molecule has 7 nitrogen and oxygen atoms in total. The van der Waals surface area contributed by atoms with Gasteiger partial charge in [-0.25, -0.2) is 4.98 Å². The van der Waals surface area contributed by atoms with Crippen LogP contribution in [0.2, 0.25) is 0 Å². The summed E-state index contributed by atoms with van der Waals surface area (Å²) in [4.78, 5) is 4.79. The average molecular weight is 493 g/mol. The molecule has 1 aliphatic heterocycles. The molecule has 3 heterocycles. The Hall–Kier alpha value is -3.30. The van der Waals surface area contributed by atoms with Crippen molar-refractivity contribution in [1.82, 2.24) is 19.7 Å². The molecule has 4 aromatic rings. The highest BCUT2D eigenvalue weighted by atomic mass is 32.2. The maximum Gasteiger partial charge on any atom is 0.231 e. The molecule has 0 aliphatic carbocycles. The summed E-state index contributed by atoms with van der Waals surface area (Å²) in [5.74, 6) is 3.81. The summed E-state index contributed by atoms with van der Waals surface area (Å²) in [5.41, 5.74) is 3.29. The third kappa shape index (κ3) is 4.95. The van der Waals surface area contributed by atoms with E-state index >= 15 is 0 Å². The minimum atomic E-state index is 0.266. The second-order valence-corrected chi connectivity index (χ2v) is 9.39. The predicted octanol–water partition coefficient (Wildman–Crippen LogP) is 5.75. The van der Waals surface area contributed by atoms with Crippen LogP contribution in [0, 0.1) is 0 Å². The maximum absolute atomic E-state index is 5.94. The molecule has 2 aromatic carbocycles. The molecule has 0 bridgehead atoms. The first-order valence-corrected chi connectivity index (χ1v) is 12.8. The Balaban J connectivity index is 1.24. The fourth-order valence-electron chi connectivity index (χ4n) is 3.49. The Morgan fingerprint density at radius 2 is 2.00 bits per heavy atom. The molecule has 0 atom stereocenters.